The molecule has 3 nitrogen and oxygen atoms in total. The van der Waals surface area contributed by atoms with Crippen LogP contribution in [0.15, 0.2) is 34.8 Å². The summed E-state index contributed by atoms with van der Waals surface area (Å²) in [5, 5.41) is 4.38. The molecule has 0 bridgehead atoms. The lowest BCUT2D eigenvalue weighted by atomic mass is 9.94. The second-order valence-corrected chi connectivity index (χ2v) is 5.51. The van der Waals surface area contributed by atoms with E-state index >= 15 is 0 Å². The van der Waals surface area contributed by atoms with Crippen molar-refractivity contribution in [1.82, 2.24) is 9.78 Å². The highest BCUT2D eigenvalue weighted by Crippen LogP contribution is 2.23. The van der Waals surface area contributed by atoms with Gasteiger partial charge in [0.25, 0.3) is 0 Å². The zero-order valence-corrected chi connectivity index (χ0v) is 12.3. The molecular weight excluding hydrogens is 290 g/mol. The molecular formula is C14H18BrN3. The zero-order valence-electron chi connectivity index (χ0n) is 10.7. The topological polar surface area (TPSA) is 43.8 Å². The first kappa shape index (κ1) is 13.3. The molecule has 1 aromatic carbocycles. The first-order chi connectivity index (χ1) is 8.60. The average molecular weight is 308 g/mol. The molecule has 0 fully saturated rings. The summed E-state index contributed by atoms with van der Waals surface area (Å²) in [6.07, 6.45) is 0.921. The van der Waals surface area contributed by atoms with E-state index in [2.05, 4.69) is 45.3 Å². The van der Waals surface area contributed by atoms with Gasteiger partial charge in [-0.05, 0) is 43.7 Å². The maximum absolute atomic E-state index is 5.91. The Bertz CT molecular complexity index is 534. The van der Waals surface area contributed by atoms with Crippen LogP contribution in [-0.4, -0.2) is 16.3 Å². The van der Waals surface area contributed by atoms with Crippen molar-refractivity contribution in [2.45, 2.75) is 19.3 Å². The SMILES string of the molecule is Cc1cc(CC(CN)c2cccc(Br)c2)n(C)n1. The van der Waals surface area contributed by atoms with E-state index in [0.29, 0.717) is 12.5 Å². The maximum atomic E-state index is 5.91. The first-order valence-electron chi connectivity index (χ1n) is 6.05. The van der Waals surface area contributed by atoms with Gasteiger partial charge < -0.3 is 5.73 Å². The number of hydrogen-bond donors (Lipinski definition) is 1. The number of aromatic nitrogens is 2. The second-order valence-electron chi connectivity index (χ2n) is 4.59. The van der Waals surface area contributed by atoms with E-state index in [1.165, 1.54) is 11.3 Å². The third-order valence-corrected chi connectivity index (χ3v) is 3.65. The Morgan fingerprint density at radius 1 is 1.39 bits per heavy atom. The molecule has 0 saturated carbocycles. The molecule has 0 saturated heterocycles. The Kier molecular flexibility index (Phi) is 4.19. The predicted molar refractivity (Wildman–Crippen MR) is 77.6 cm³/mol. The van der Waals surface area contributed by atoms with Crippen molar-refractivity contribution in [3.05, 3.63) is 51.8 Å². The Morgan fingerprint density at radius 2 is 2.17 bits per heavy atom. The highest BCUT2D eigenvalue weighted by atomic mass is 79.9. The number of hydrogen-bond acceptors (Lipinski definition) is 2. The van der Waals surface area contributed by atoms with Crippen LogP contribution in [0.25, 0.3) is 0 Å². The lowest BCUT2D eigenvalue weighted by molar-refractivity contribution is 0.629. The summed E-state index contributed by atoms with van der Waals surface area (Å²) in [5.41, 5.74) is 9.46. The molecule has 0 amide bonds. The van der Waals surface area contributed by atoms with Crippen LogP contribution >= 0.6 is 15.9 Å². The van der Waals surface area contributed by atoms with Gasteiger partial charge in [0.05, 0.1) is 5.69 Å². The van der Waals surface area contributed by atoms with Crippen LogP contribution < -0.4 is 5.73 Å². The van der Waals surface area contributed by atoms with E-state index in [4.69, 9.17) is 5.73 Å². The van der Waals surface area contributed by atoms with Gasteiger partial charge in [0.15, 0.2) is 0 Å². The third kappa shape index (κ3) is 3.00. The summed E-state index contributed by atoms with van der Waals surface area (Å²) >= 11 is 3.51. The summed E-state index contributed by atoms with van der Waals surface area (Å²) in [5.74, 6) is 0.331. The van der Waals surface area contributed by atoms with Crippen molar-refractivity contribution in [3.63, 3.8) is 0 Å². The number of benzene rings is 1. The van der Waals surface area contributed by atoms with E-state index in [1.54, 1.807) is 0 Å². The minimum absolute atomic E-state index is 0.331. The van der Waals surface area contributed by atoms with Crippen molar-refractivity contribution < 1.29 is 0 Å². The van der Waals surface area contributed by atoms with Gasteiger partial charge in [-0.15, -0.1) is 0 Å². The fraction of sp³-hybridized carbons (Fsp3) is 0.357. The summed E-state index contributed by atoms with van der Waals surface area (Å²) in [7, 11) is 1.98. The van der Waals surface area contributed by atoms with Gasteiger partial charge >= 0.3 is 0 Å². The predicted octanol–water partition coefficient (Wildman–Crippen LogP) is 2.78. The van der Waals surface area contributed by atoms with Crippen molar-refractivity contribution in [2.75, 3.05) is 6.54 Å². The minimum atomic E-state index is 0.331. The Morgan fingerprint density at radius 3 is 2.72 bits per heavy atom. The molecule has 1 atom stereocenters. The number of halogens is 1. The lowest BCUT2D eigenvalue weighted by Gasteiger charge is -2.15. The molecule has 0 aliphatic rings. The van der Waals surface area contributed by atoms with Crippen LogP contribution in [0.1, 0.15) is 22.9 Å². The monoisotopic (exact) mass is 307 g/mol. The van der Waals surface area contributed by atoms with Gasteiger partial charge in [-0.2, -0.15) is 5.10 Å². The summed E-state index contributed by atoms with van der Waals surface area (Å²) in [6.45, 7) is 2.65. The number of aryl methyl sites for hydroxylation is 2. The van der Waals surface area contributed by atoms with Gasteiger partial charge in [-0.25, -0.2) is 0 Å². The third-order valence-electron chi connectivity index (χ3n) is 3.16. The molecule has 18 heavy (non-hydrogen) atoms. The van der Waals surface area contributed by atoms with E-state index < -0.39 is 0 Å². The average Bonchev–Trinajstić information content (AvgIpc) is 2.64. The molecule has 1 heterocycles. The smallest absolute Gasteiger partial charge is 0.0596 e. The van der Waals surface area contributed by atoms with Gasteiger partial charge in [0.2, 0.25) is 0 Å². The van der Waals surface area contributed by atoms with E-state index in [0.717, 1.165) is 16.6 Å². The van der Waals surface area contributed by atoms with E-state index in [9.17, 15) is 0 Å². The second kappa shape index (κ2) is 5.67. The fourth-order valence-electron chi connectivity index (χ4n) is 2.21. The van der Waals surface area contributed by atoms with Crippen LogP contribution in [-0.2, 0) is 13.5 Å². The van der Waals surface area contributed by atoms with Crippen molar-refractivity contribution in [2.24, 2.45) is 12.8 Å². The van der Waals surface area contributed by atoms with Crippen LogP contribution in [0.2, 0.25) is 0 Å². The summed E-state index contributed by atoms with van der Waals surface area (Å²) < 4.78 is 3.04. The fourth-order valence-corrected chi connectivity index (χ4v) is 2.62. The zero-order chi connectivity index (χ0) is 13.1. The molecule has 2 rings (SSSR count). The standard InChI is InChI=1S/C14H18BrN3/c1-10-6-14(18(2)17-10)8-12(9-16)11-4-3-5-13(15)7-11/h3-7,12H,8-9,16H2,1-2H3. The van der Waals surface area contributed by atoms with Crippen molar-refractivity contribution in [3.8, 4) is 0 Å². The van der Waals surface area contributed by atoms with Crippen LogP contribution in [0, 0.1) is 6.92 Å². The largest absolute Gasteiger partial charge is 0.330 e. The molecule has 1 aromatic heterocycles. The number of nitrogens with two attached hydrogens (primary N) is 1. The van der Waals surface area contributed by atoms with Crippen molar-refractivity contribution in [1.29, 1.82) is 0 Å². The number of rotatable bonds is 4. The number of nitrogens with zero attached hydrogens (tertiary/aromatic N) is 2. The summed E-state index contributed by atoms with van der Waals surface area (Å²) in [4.78, 5) is 0. The molecule has 4 heteroatoms. The molecule has 2 N–H and O–H groups in total. The van der Waals surface area contributed by atoms with Crippen LogP contribution in [0.5, 0.6) is 0 Å². The Balaban J connectivity index is 2.22. The lowest BCUT2D eigenvalue weighted by Crippen LogP contribution is -2.16. The highest BCUT2D eigenvalue weighted by molar-refractivity contribution is 9.10. The molecule has 2 aromatic rings. The highest BCUT2D eigenvalue weighted by Gasteiger charge is 2.13. The molecule has 0 radical (unpaired) electrons. The molecule has 0 spiro atoms. The van der Waals surface area contributed by atoms with Crippen LogP contribution in [0.3, 0.4) is 0 Å². The quantitative estimate of drug-likeness (QED) is 0.944. The normalized spacial score (nSPS) is 12.7. The van der Waals surface area contributed by atoms with Crippen LogP contribution in [0.4, 0.5) is 0 Å². The molecule has 96 valence electrons. The first-order valence-corrected chi connectivity index (χ1v) is 6.84. The van der Waals surface area contributed by atoms with E-state index in [1.807, 2.05) is 24.7 Å². The minimum Gasteiger partial charge on any atom is -0.330 e. The Hall–Kier alpha value is -1.13. The molecule has 1 unspecified atom stereocenters. The molecule has 0 aliphatic carbocycles. The van der Waals surface area contributed by atoms with Gasteiger partial charge in [0, 0.05) is 23.1 Å². The van der Waals surface area contributed by atoms with Gasteiger partial charge in [-0.3, -0.25) is 4.68 Å². The molecule has 0 aliphatic heterocycles. The van der Waals surface area contributed by atoms with Gasteiger partial charge in [-0.1, -0.05) is 28.1 Å². The maximum Gasteiger partial charge on any atom is 0.0596 e. The van der Waals surface area contributed by atoms with Crippen molar-refractivity contribution >= 4 is 15.9 Å². The van der Waals surface area contributed by atoms with Gasteiger partial charge in [0.1, 0.15) is 0 Å². The summed E-state index contributed by atoms with van der Waals surface area (Å²) in [6, 6.07) is 10.5. The van der Waals surface area contributed by atoms with E-state index in [-0.39, 0.29) is 0 Å². The Labute approximate surface area is 116 Å².